The number of benzene rings is 1. The van der Waals surface area contributed by atoms with E-state index in [1.807, 2.05) is 6.07 Å². The van der Waals surface area contributed by atoms with Crippen molar-refractivity contribution in [2.75, 3.05) is 37.0 Å². The Morgan fingerprint density at radius 1 is 1.17 bits per heavy atom. The number of nitriles is 1. The second kappa shape index (κ2) is 9.38. The van der Waals surface area contributed by atoms with Crippen LogP contribution in [0.1, 0.15) is 42.5 Å². The van der Waals surface area contributed by atoms with E-state index < -0.39 is 0 Å². The molecule has 1 aromatic carbocycles. The molecular weight excluding hydrogens is 394 g/mol. The molecule has 0 spiro atoms. The van der Waals surface area contributed by atoms with Gasteiger partial charge in [0.1, 0.15) is 16.9 Å². The molecule has 1 fully saturated rings. The van der Waals surface area contributed by atoms with Gasteiger partial charge in [-0.3, -0.25) is 0 Å². The fourth-order valence-electron chi connectivity index (χ4n) is 4.07. The van der Waals surface area contributed by atoms with E-state index in [0.29, 0.717) is 13.2 Å². The molecule has 2 aliphatic rings. The number of rotatable bonds is 5. The van der Waals surface area contributed by atoms with Crippen molar-refractivity contribution in [1.29, 1.82) is 5.26 Å². The van der Waals surface area contributed by atoms with E-state index in [9.17, 15) is 5.26 Å². The van der Waals surface area contributed by atoms with Crippen LogP contribution in [0.2, 0.25) is 0 Å². The third kappa shape index (κ3) is 4.80. The van der Waals surface area contributed by atoms with Gasteiger partial charge >= 0.3 is 0 Å². The predicted molar refractivity (Wildman–Crippen MR) is 120 cm³/mol. The zero-order chi connectivity index (χ0) is 21.0. The van der Waals surface area contributed by atoms with Crippen LogP contribution in [-0.2, 0) is 28.9 Å². The average molecular weight is 424 g/mol. The van der Waals surface area contributed by atoms with Crippen LogP contribution in [-0.4, -0.2) is 42.6 Å². The third-order valence-electron chi connectivity index (χ3n) is 5.67. The van der Waals surface area contributed by atoms with Crippen molar-refractivity contribution in [3.63, 3.8) is 0 Å². The number of thioether (sulfide) groups is 1. The summed E-state index contributed by atoms with van der Waals surface area (Å²) in [7, 11) is 0. The van der Waals surface area contributed by atoms with Crippen molar-refractivity contribution in [1.82, 2.24) is 4.98 Å². The van der Waals surface area contributed by atoms with Crippen molar-refractivity contribution >= 4 is 17.6 Å². The summed E-state index contributed by atoms with van der Waals surface area (Å²) in [4.78, 5) is 7.35. The van der Waals surface area contributed by atoms with Gasteiger partial charge in [-0.25, -0.2) is 4.98 Å². The van der Waals surface area contributed by atoms with Crippen LogP contribution in [0.15, 0.2) is 35.4 Å². The quantitative estimate of drug-likeness (QED) is 0.666. The number of hydrogen-bond donors (Lipinski definition) is 0. The minimum Gasteiger partial charge on any atom is -0.380 e. The van der Waals surface area contributed by atoms with E-state index >= 15 is 0 Å². The van der Waals surface area contributed by atoms with E-state index in [1.165, 1.54) is 5.56 Å². The van der Waals surface area contributed by atoms with Gasteiger partial charge in [-0.15, -0.1) is 11.8 Å². The van der Waals surface area contributed by atoms with Crippen molar-refractivity contribution in [3.8, 4) is 6.07 Å². The van der Waals surface area contributed by atoms with Crippen molar-refractivity contribution in [3.05, 3.63) is 52.6 Å². The molecule has 158 valence electrons. The highest BCUT2D eigenvalue weighted by molar-refractivity contribution is 7.99. The molecule has 0 amide bonds. The summed E-state index contributed by atoms with van der Waals surface area (Å²) in [5, 5.41) is 10.9. The number of aromatic nitrogens is 1. The Morgan fingerprint density at radius 3 is 2.80 bits per heavy atom. The molecule has 0 bridgehead atoms. The van der Waals surface area contributed by atoms with Gasteiger partial charge in [0.05, 0.1) is 24.4 Å². The van der Waals surface area contributed by atoms with Crippen LogP contribution in [0.5, 0.6) is 0 Å². The topological polar surface area (TPSA) is 58.4 Å². The summed E-state index contributed by atoms with van der Waals surface area (Å²) in [6.07, 6.45) is 2.67. The maximum absolute atomic E-state index is 10.0. The number of aryl methyl sites for hydroxylation is 1. The standard InChI is InChI=1S/C24H29N3O2S/c1-24(2)15-19-20(16-25)23(30-14-9-18-7-4-3-5-8-18)26-22(21(19)17-29-24)27-10-6-12-28-13-11-27/h3-5,7-8H,6,9-15,17H2,1-2H3. The van der Waals surface area contributed by atoms with Crippen molar-refractivity contribution < 1.29 is 9.47 Å². The van der Waals surface area contributed by atoms with Crippen LogP contribution >= 0.6 is 11.8 Å². The number of nitrogens with zero attached hydrogens (tertiary/aromatic N) is 3. The number of anilines is 1. The number of pyridine rings is 1. The first kappa shape index (κ1) is 21.2. The molecule has 5 nitrogen and oxygen atoms in total. The molecule has 0 atom stereocenters. The first-order valence-electron chi connectivity index (χ1n) is 10.7. The summed E-state index contributed by atoms with van der Waals surface area (Å²) < 4.78 is 11.8. The molecule has 2 aromatic rings. The van der Waals surface area contributed by atoms with Gasteiger partial charge in [-0.1, -0.05) is 30.3 Å². The number of ether oxygens (including phenoxy) is 2. The van der Waals surface area contributed by atoms with Crippen LogP contribution in [0.25, 0.3) is 0 Å². The zero-order valence-electron chi connectivity index (χ0n) is 17.8. The number of fused-ring (bicyclic) bond motifs is 1. The van der Waals surface area contributed by atoms with E-state index in [4.69, 9.17) is 14.5 Å². The van der Waals surface area contributed by atoms with Gasteiger partial charge in [-0.05, 0) is 37.8 Å². The monoisotopic (exact) mass is 423 g/mol. The molecule has 1 saturated heterocycles. The Labute approximate surface area is 183 Å². The Hall–Kier alpha value is -2.07. The molecule has 2 aliphatic heterocycles. The smallest absolute Gasteiger partial charge is 0.135 e. The lowest BCUT2D eigenvalue weighted by Crippen LogP contribution is -2.35. The van der Waals surface area contributed by atoms with Crippen LogP contribution in [0, 0.1) is 11.3 Å². The van der Waals surface area contributed by atoms with Gasteiger partial charge in [0.25, 0.3) is 0 Å². The summed E-state index contributed by atoms with van der Waals surface area (Å²) >= 11 is 1.69. The lowest BCUT2D eigenvalue weighted by atomic mass is 9.89. The Bertz CT molecular complexity index is 916. The fraction of sp³-hybridized carbons (Fsp3) is 0.500. The summed E-state index contributed by atoms with van der Waals surface area (Å²) in [6, 6.07) is 12.9. The maximum Gasteiger partial charge on any atom is 0.135 e. The summed E-state index contributed by atoms with van der Waals surface area (Å²) in [6.45, 7) is 7.94. The zero-order valence-corrected chi connectivity index (χ0v) is 18.6. The highest BCUT2D eigenvalue weighted by atomic mass is 32.2. The van der Waals surface area contributed by atoms with Crippen molar-refractivity contribution in [2.24, 2.45) is 0 Å². The second-order valence-corrected chi connectivity index (χ2v) is 9.53. The lowest BCUT2D eigenvalue weighted by Gasteiger charge is -2.35. The SMILES string of the molecule is CC1(C)Cc2c(C#N)c(SCCc3ccccc3)nc(N3CCCOCC3)c2CO1. The predicted octanol–water partition coefficient (Wildman–Crippen LogP) is 4.37. The van der Waals surface area contributed by atoms with Gasteiger partial charge in [0.15, 0.2) is 0 Å². The summed E-state index contributed by atoms with van der Waals surface area (Å²) in [5.74, 6) is 1.87. The Morgan fingerprint density at radius 2 is 2.00 bits per heavy atom. The highest BCUT2D eigenvalue weighted by Crippen LogP contribution is 2.38. The first-order valence-corrected chi connectivity index (χ1v) is 11.7. The van der Waals surface area contributed by atoms with Crippen molar-refractivity contribution in [2.45, 2.75) is 50.3 Å². The molecule has 3 heterocycles. The average Bonchev–Trinajstić information content (AvgIpc) is 3.02. The lowest BCUT2D eigenvalue weighted by molar-refractivity contribution is -0.0402. The van der Waals surface area contributed by atoms with E-state index in [-0.39, 0.29) is 5.60 Å². The molecule has 0 radical (unpaired) electrons. The Kier molecular flexibility index (Phi) is 6.62. The van der Waals surface area contributed by atoms with Crippen LogP contribution < -0.4 is 4.90 Å². The summed E-state index contributed by atoms with van der Waals surface area (Å²) in [5.41, 5.74) is 3.96. The maximum atomic E-state index is 10.0. The van der Waals surface area contributed by atoms with Gasteiger partial charge in [0, 0.05) is 37.4 Å². The van der Waals surface area contributed by atoms with E-state index in [0.717, 1.165) is 72.2 Å². The first-order chi connectivity index (χ1) is 14.6. The second-order valence-electron chi connectivity index (χ2n) is 8.45. The molecule has 0 N–H and O–H groups in total. The van der Waals surface area contributed by atoms with Crippen LogP contribution in [0.4, 0.5) is 5.82 Å². The largest absolute Gasteiger partial charge is 0.380 e. The van der Waals surface area contributed by atoms with Gasteiger partial charge < -0.3 is 14.4 Å². The van der Waals surface area contributed by atoms with E-state index in [1.54, 1.807) is 11.8 Å². The molecule has 30 heavy (non-hydrogen) atoms. The number of hydrogen-bond acceptors (Lipinski definition) is 6. The molecule has 1 aromatic heterocycles. The minimum atomic E-state index is -0.273. The molecule has 0 saturated carbocycles. The molecular formula is C24H29N3O2S. The molecule has 0 aliphatic carbocycles. The van der Waals surface area contributed by atoms with Crippen LogP contribution in [0.3, 0.4) is 0 Å². The Balaban J connectivity index is 1.67. The normalized spacial score (nSPS) is 18.4. The highest BCUT2D eigenvalue weighted by Gasteiger charge is 2.33. The molecule has 4 rings (SSSR count). The fourth-order valence-corrected chi connectivity index (χ4v) is 5.07. The molecule has 6 heteroatoms. The van der Waals surface area contributed by atoms with Gasteiger partial charge in [0.2, 0.25) is 0 Å². The third-order valence-corrected chi connectivity index (χ3v) is 6.65. The van der Waals surface area contributed by atoms with E-state index in [2.05, 4.69) is 49.1 Å². The minimum absolute atomic E-state index is 0.273. The molecule has 0 unspecified atom stereocenters. The van der Waals surface area contributed by atoms with Gasteiger partial charge in [-0.2, -0.15) is 5.26 Å².